The average Bonchev–Trinajstić information content (AvgIpc) is 1.83. The molecule has 0 aromatic rings. The minimum atomic E-state index is 0.650. The molecule has 1 unspecified atom stereocenters. The Balaban J connectivity index is 1.82. The number of rotatable bonds is 1. The van der Waals surface area contributed by atoms with E-state index in [1.807, 2.05) is 0 Å². The van der Waals surface area contributed by atoms with Crippen molar-refractivity contribution >= 4 is 15.9 Å². The SMILES string of the molecule is BrC1[CH]CCN(C2CCC2)C1. The quantitative estimate of drug-likeness (QED) is 0.608. The van der Waals surface area contributed by atoms with Gasteiger partial charge in [0.15, 0.2) is 0 Å². The molecule has 0 spiro atoms. The van der Waals surface area contributed by atoms with Gasteiger partial charge in [0.25, 0.3) is 0 Å². The molecule has 1 aliphatic heterocycles. The van der Waals surface area contributed by atoms with Gasteiger partial charge in [-0.2, -0.15) is 0 Å². The largest absolute Gasteiger partial charge is 0.299 e. The van der Waals surface area contributed by atoms with Gasteiger partial charge in [0, 0.05) is 17.4 Å². The normalized spacial score (nSPS) is 35.2. The molecule has 1 saturated heterocycles. The van der Waals surface area contributed by atoms with Gasteiger partial charge in [0.1, 0.15) is 0 Å². The Bertz CT molecular complexity index is 134. The smallest absolute Gasteiger partial charge is 0.0305 e. The molecule has 2 rings (SSSR count). The fraction of sp³-hybridized carbons (Fsp3) is 0.889. The van der Waals surface area contributed by atoms with E-state index in [1.54, 1.807) is 0 Å². The third-order valence-electron chi connectivity index (χ3n) is 2.84. The van der Waals surface area contributed by atoms with Crippen LogP contribution in [-0.4, -0.2) is 28.9 Å². The Kier molecular flexibility index (Phi) is 2.52. The molecular weight excluding hydrogens is 202 g/mol. The van der Waals surface area contributed by atoms with Crippen molar-refractivity contribution in [3.05, 3.63) is 6.42 Å². The van der Waals surface area contributed by atoms with Crippen LogP contribution in [0.2, 0.25) is 0 Å². The molecule has 2 heteroatoms. The standard InChI is InChI=1S/C9H15BrN/c10-8-3-2-6-11(7-8)9-4-1-5-9/h3,8-9H,1-2,4-7H2. The third kappa shape index (κ3) is 1.78. The molecule has 1 radical (unpaired) electrons. The fourth-order valence-corrected chi connectivity index (χ4v) is 2.53. The van der Waals surface area contributed by atoms with E-state index in [0.717, 1.165) is 6.04 Å². The highest BCUT2D eigenvalue weighted by molar-refractivity contribution is 9.09. The van der Waals surface area contributed by atoms with E-state index in [9.17, 15) is 0 Å². The number of hydrogen-bond acceptors (Lipinski definition) is 1. The van der Waals surface area contributed by atoms with E-state index < -0.39 is 0 Å². The van der Waals surface area contributed by atoms with Gasteiger partial charge >= 0.3 is 0 Å². The monoisotopic (exact) mass is 216 g/mol. The van der Waals surface area contributed by atoms with Crippen LogP contribution in [0.1, 0.15) is 25.7 Å². The van der Waals surface area contributed by atoms with E-state index in [0.29, 0.717) is 4.83 Å². The molecule has 0 bridgehead atoms. The first-order chi connectivity index (χ1) is 5.36. The van der Waals surface area contributed by atoms with Crippen LogP contribution in [0.15, 0.2) is 0 Å². The first-order valence-corrected chi connectivity index (χ1v) is 5.49. The van der Waals surface area contributed by atoms with Crippen LogP contribution >= 0.6 is 15.9 Å². The van der Waals surface area contributed by atoms with Crippen LogP contribution in [0.3, 0.4) is 0 Å². The molecule has 0 aromatic heterocycles. The van der Waals surface area contributed by atoms with Crippen LogP contribution in [0.5, 0.6) is 0 Å². The van der Waals surface area contributed by atoms with Crippen molar-refractivity contribution in [1.82, 2.24) is 4.90 Å². The second kappa shape index (κ2) is 3.44. The highest BCUT2D eigenvalue weighted by Gasteiger charge is 2.28. The van der Waals surface area contributed by atoms with Gasteiger partial charge < -0.3 is 0 Å². The predicted molar refractivity (Wildman–Crippen MR) is 50.8 cm³/mol. The van der Waals surface area contributed by atoms with Gasteiger partial charge in [-0.3, -0.25) is 4.90 Å². The van der Waals surface area contributed by atoms with Gasteiger partial charge in [-0.15, -0.1) is 0 Å². The minimum absolute atomic E-state index is 0.650. The van der Waals surface area contributed by atoms with Crippen LogP contribution in [0, 0.1) is 6.42 Å². The molecule has 0 N–H and O–H groups in total. The van der Waals surface area contributed by atoms with Gasteiger partial charge in [-0.1, -0.05) is 22.4 Å². The number of piperidine rings is 1. The predicted octanol–water partition coefficient (Wildman–Crippen LogP) is 2.21. The summed E-state index contributed by atoms with van der Waals surface area (Å²) >= 11 is 3.65. The van der Waals surface area contributed by atoms with Crippen LogP contribution in [-0.2, 0) is 0 Å². The number of likely N-dealkylation sites (tertiary alicyclic amines) is 1. The molecule has 2 fully saturated rings. The molecule has 1 nitrogen and oxygen atoms in total. The molecule has 1 atom stereocenters. The van der Waals surface area contributed by atoms with Crippen molar-refractivity contribution < 1.29 is 0 Å². The van der Waals surface area contributed by atoms with E-state index in [4.69, 9.17) is 0 Å². The second-order valence-electron chi connectivity index (χ2n) is 3.62. The van der Waals surface area contributed by atoms with E-state index in [2.05, 4.69) is 27.3 Å². The summed E-state index contributed by atoms with van der Waals surface area (Å²) in [6.07, 6.45) is 8.00. The summed E-state index contributed by atoms with van der Waals surface area (Å²) in [5.41, 5.74) is 0. The lowest BCUT2D eigenvalue weighted by atomic mass is 9.90. The number of hydrogen-bond donors (Lipinski definition) is 0. The van der Waals surface area contributed by atoms with Gasteiger partial charge in [0.05, 0.1) is 0 Å². The fourth-order valence-electron chi connectivity index (χ4n) is 1.89. The van der Waals surface area contributed by atoms with Crippen LogP contribution < -0.4 is 0 Å². The van der Waals surface area contributed by atoms with E-state index in [1.165, 1.54) is 38.8 Å². The first kappa shape index (κ1) is 8.06. The zero-order valence-corrected chi connectivity index (χ0v) is 8.39. The van der Waals surface area contributed by atoms with Crippen molar-refractivity contribution in [3.63, 3.8) is 0 Å². The first-order valence-electron chi connectivity index (χ1n) is 4.58. The minimum Gasteiger partial charge on any atom is -0.299 e. The highest BCUT2D eigenvalue weighted by atomic mass is 79.9. The third-order valence-corrected chi connectivity index (χ3v) is 3.50. The molecule has 1 aliphatic carbocycles. The number of nitrogens with zero attached hydrogens (tertiary/aromatic N) is 1. The van der Waals surface area contributed by atoms with Crippen molar-refractivity contribution in [2.24, 2.45) is 0 Å². The molecule has 0 aromatic carbocycles. The Hall–Kier alpha value is 0.440. The summed E-state index contributed by atoms with van der Waals surface area (Å²) in [6.45, 7) is 2.54. The molecular formula is C9H15BrN. The lowest BCUT2D eigenvalue weighted by Gasteiger charge is -2.41. The maximum Gasteiger partial charge on any atom is 0.0305 e. The summed E-state index contributed by atoms with van der Waals surface area (Å²) in [6, 6.07) is 0.934. The lowest BCUT2D eigenvalue weighted by molar-refractivity contribution is 0.120. The second-order valence-corrected chi connectivity index (χ2v) is 4.80. The topological polar surface area (TPSA) is 3.24 Å². The zero-order chi connectivity index (χ0) is 7.68. The van der Waals surface area contributed by atoms with Crippen molar-refractivity contribution in [3.8, 4) is 0 Å². The van der Waals surface area contributed by atoms with E-state index >= 15 is 0 Å². The van der Waals surface area contributed by atoms with Gasteiger partial charge in [-0.25, -0.2) is 0 Å². The van der Waals surface area contributed by atoms with E-state index in [-0.39, 0.29) is 0 Å². The molecule has 2 aliphatic rings. The lowest BCUT2D eigenvalue weighted by Crippen LogP contribution is -2.46. The zero-order valence-electron chi connectivity index (χ0n) is 6.80. The van der Waals surface area contributed by atoms with Gasteiger partial charge in [0.2, 0.25) is 0 Å². The molecule has 1 saturated carbocycles. The molecule has 63 valence electrons. The van der Waals surface area contributed by atoms with Crippen LogP contribution in [0.25, 0.3) is 0 Å². The maximum absolute atomic E-state index is 3.65. The number of halogens is 1. The Morgan fingerprint density at radius 3 is 2.73 bits per heavy atom. The maximum atomic E-state index is 3.65. The van der Waals surface area contributed by atoms with Crippen molar-refractivity contribution in [2.75, 3.05) is 13.1 Å². The van der Waals surface area contributed by atoms with Gasteiger partial charge in [-0.05, 0) is 32.2 Å². The average molecular weight is 217 g/mol. The van der Waals surface area contributed by atoms with Crippen LogP contribution in [0.4, 0.5) is 0 Å². The number of alkyl halides is 1. The summed E-state index contributed by atoms with van der Waals surface area (Å²) in [4.78, 5) is 3.29. The Morgan fingerprint density at radius 1 is 1.36 bits per heavy atom. The Morgan fingerprint density at radius 2 is 2.18 bits per heavy atom. The van der Waals surface area contributed by atoms with Crippen molar-refractivity contribution in [2.45, 2.75) is 36.6 Å². The summed E-state index contributed by atoms with van der Waals surface area (Å²) in [5.74, 6) is 0. The molecule has 0 amide bonds. The van der Waals surface area contributed by atoms with Crippen molar-refractivity contribution in [1.29, 1.82) is 0 Å². The molecule has 1 heterocycles. The molecule has 11 heavy (non-hydrogen) atoms. The Labute approximate surface area is 77.3 Å². The summed E-state index contributed by atoms with van der Waals surface area (Å²) < 4.78 is 0. The summed E-state index contributed by atoms with van der Waals surface area (Å²) in [5, 5.41) is 0. The highest BCUT2D eigenvalue weighted by Crippen LogP contribution is 2.28. The summed E-state index contributed by atoms with van der Waals surface area (Å²) in [7, 11) is 0.